The van der Waals surface area contributed by atoms with Crippen molar-refractivity contribution in [3.63, 3.8) is 0 Å². The molecule has 1 heterocycles. The average Bonchev–Trinajstić information content (AvgIpc) is 2.82. The number of hydrogen-bond donors (Lipinski definition) is 1. The zero-order valence-electron chi connectivity index (χ0n) is 12.1. The molecule has 0 fully saturated rings. The highest BCUT2D eigenvalue weighted by atomic mass is 16.4. The Morgan fingerprint density at radius 1 is 1.10 bits per heavy atom. The standard InChI is InChI=1S/C18H17NO2/c1-12-7-8-13(2)15(9-12)11-19-16-6-4-3-5-14(16)10-17(19)18(20)21/h3-10H,11H2,1-2H3,(H,20,21). The molecule has 0 aliphatic carbocycles. The van der Waals surface area contributed by atoms with Crippen LogP contribution in [0, 0.1) is 13.8 Å². The minimum Gasteiger partial charge on any atom is -0.477 e. The van der Waals surface area contributed by atoms with Crippen molar-refractivity contribution in [2.45, 2.75) is 20.4 Å². The van der Waals surface area contributed by atoms with Gasteiger partial charge in [0.1, 0.15) is 5.69 Å². The lowest BCUT2D eigenvalue weighted by Crippen LogP contribution is -2.10. The highest BCUT2D eigenvalue weighted by molar-refractivity contribution is 5.94. The molecule has 0 aliphatic rings. The van der Waals surface area contributed by atoms with Crippen LogP contribution in [0.2, 0.25) is 0 Å². The lowest BCUT2D eigenvalue weighted by molar-refractivity contribution is 0.0686. The van der Waals surface area contributed by atoms with Gasteiger partial charge in [-0.25, -0.2) is 4.79 Å². The number of nitrogens with zero attached hydrogens (tertiary/aromatic N) is 1. The van der Waals surface area contributed by atoms with Gasteiger partial charge in [-0.3, -0.25) is 0 Å². The van der Waals surface area contributed by atoms with Gasteiger partial charge in [0.05, 0.1) is 0 Å². The summed E-state index contributed by atoms with van der Waals surface area (Å²) in [6.45, 7) is 4.68. The number of aromatic nitrogens is 1. The maximum Gasteiger partial charge on any atom is 0.352 e. The Bertz CT molecular complexity index is 830. The van der Waals surface area contributed by atoms with Crippen LogP contribution in [0.5, 0.6) is 0 Å². The summed E-state index contributed by atoms with van der Waals surface area (Å²) in [5, 5.41) is 10.4. The second kappa shape index (κ2) is 5.09. The summed E-state index contributed by atoms with van der Waals surface area (Å²) in [5.41, 5.74) is 4.80. The molecule has 2 aromatic carbocycles. The van der Waals surface area contributed by atoms with Crippen LogP contribution in [0.1, 0.15) is 27.2 Å². The molecule has 3 heteroatoms. The van der Waals surface area contributed by atoms with Gasteiger partial charge in [0.2, 0.25) is 0 Å². The third kappa shape index (κ3) is 2.42. The number of carboxylic acids is 1. The van der Waals surface area contributed by atoms with Gasteiger partial charge in [0.25, 0.3) is 0 Å². The quantitative estimate of drug-likeness (QED) is 0.787. The van der Waals surface area contributed by atoms with E-state index in [2.05, 4.69) is 32.0 Å². The van der Waals surface area contributed by atoms with Gasteiger partial charge in [0.15, 0.2) is 0 Å². The summed E-state index contributed by atoms with van der Waals surface area (Å²) in [5.74, 6) is -0.892. The van der Waals surface area contributed by atoms with Gasteiger partial charge in [0, 0.05) is 17.4 Å². The molecule has 0 saturated carbocycles. The average molecular weight is 279 g/mol. The monoisotopic (exact) mass is 279 g/mol. The fraction of sp³-hybridized carbons (Fsp3) is 0.167. The Hall–Kier alpha value is -2.55. The number of rotatable bonds is 3. The molecule has 0 amide bonds. The largest absolute Gasteiger partial charge is 0.477 e. The Kier molecular flexibility index (Phi) is 3.26. The molecule has 0 aliphatic heterocycles. The Balaban J connectivity index is 2.17. The fourth-order valence-electron chi connectivity index (χ4n) is 2.70. The van der Waals surface area contributed by atoms with Crippen LogP contribution in [0.25, 0.3) is 10.9 Å². The van der Waals surface area contributed by atoms with E-state index in [4.69, 9.17) is 0 Å². The molecule has 1 aromatic heterocycles. The Morgan fingerprint density at radius 2 is 1.86 bits per heavy atom. The van der Waals surface area contributed by atoms with E-state index in [9.17, 15) is 9.90 Å². The number of benzene rings is 2. The number of carbonyl (C=O) groups is 1. The smallest absolute Gasteiger partial charge is 0.352 e. The number of para-hydroxylation sites is 1. The van der Waals surface area contributed by atoms with Gasteiger partial charge >= 0.3 is 5.97 Å². The van der Waals surface area contributed by atoms with Crippen LogP contribution in [0.4, 0.5) is 0 Å². The van der Waals surface area contributed by atoms with E-state index in [1.54, 1.807) is 6.07 Å². The van der Waals surface area contributed by atoms with Crippen LogP contribution in [-0.4, -0.2) is 15.6 Å². The summed E-state index contributed by atoms with van der Waals surface area (Å²) in [6.07, 6.45) is 0. The molecule has 0 atom stereocenters. The zero-order valence-corrected chi connectivity index (χ0v) is 12.1. The first-order chi connectivity index (χ1) is 10.1. The summed E-state index contributed by atoms with van der Waals surface area (Å²) in [4.78, 5) is 11.5. The lowest BCUT2D eigenvalue weighted by Gasteiger charge is -2.12. The van der Waals surface area contributed by atoms with Gasteiger partial charge in [-0.05, 0) is 37.1 Å². The van der Waals surface area contributed by atoms with Gasteiger partial charge in [-0.2, -0.15) is 0 Å². The minimum atomic E-state index is -0.892. The van der Waals surface area contributed by atoms with E-state index in [-0.39, 0.29) is 0 Å². The molecule has 0 radical (unpaired) electrons. The number of fused-ring (bicyclic) bond motifs is 1. The second-order valence-corrected chi connectivity index (χ2v) is 5.41. The second-order valence-electron chi connectivity index (χ2n) is 5.41. The number of carboxylic acid groups (broad SMARTS) is 1. The van der Waals surface area contributed by atoms with Gasteiger partial charge in [-0.1, -0.05) is 42.0 Å². The zero-order chi connectivity index (χ0) is 15.0. The first kappa shape index (κ1) is 13.4. The van der Waals surface area contributed by atoms with E-state index in [1.165, 1.54) is 11.1 Å². The van der Waals surface area contributed by atoms with Crippen molar-refractivity contribution < 1.29 is 9.90 Å². The molecular weight excluding hydrogens is 262 g/mol. The maximum atomic E-state index is 11.5. The van der Waals surface area contributed by atoms with Crippen molar-refractivity contribution in [1.29, 1.82) is 0 Å². The van der Waals surface area contributed by atoms with E-state index in [0.717, 1.165) is 16.5 Å². The number of aryl methyl sites for hydroxylation is 2. The predicted octanol–water partition coefficient (Wildman–Crippen LogP) is 4.00. The molecular formula is C18H17NO2. The van der Waals surface area contributed by atoms with Crippen LogP contribution in [-0.2, 0) is 6.54 Å². The highest BCUT2D eigenvalue weighted by Gasteiger charge is 2.15. The Morgan fingerprint density at radius 3 is 2.62 bits per heavy atom. The van der Waals surface area contributed by atoms with E-state index in [1.807, 2.05) is 28.8 Å². The van der Waals surface area contributed by atoms with Crippen molar-refractivity contribution in [2.75, 3.05) is 0 Å². The molecule has 3 rings (SSSR count). The molecule has 21 heavy (non-hydrogen) atoms. The molecule has 3 aromatic rings. The third-order valence-corrected chi connectivity index (χ3v) is 3.86. The summed E-state index contributed by atoms with van der Waals surface area (Å²) >= 11 is 0. The molecule has 0 saturated heterocycles. The molecule has 3 nitrogen and oxygen atoms in total. The molecule has 0 unspecified atom stereocenters. The topological polar surface area (TPSA) is 42.2 Å². The van der Waals surface area contributed by atoms with Gasteiger partial charge in [-0.15, -0.1) is 0 Å². The predicted molar refractivity (Wildman–Crippen MR) is 83.9 cm³/mol. The van der Waals surface area contributed by atoms with Crippen molar-refractivity contribution in [2.24, 2.45) is 0 Å². The molecule has 1 N–H and O–H groups in total. The van der Waals surface area contributed by atoms with E-state index < -0.39 is 5.97 Å². The van der Waals surface area contributed by atoms with Crippen molar-refractivity contribution in [3.05, 3.63) is 70.9 Å². The summed E-state index contributed by atoms with van der Waals surface area (Å²) < 4.78 is 1.87. The highest BCUT2D eigenvalue weighted by Crippen LogP contribution is 2.22. The number of hydrogen-bond acceptors (Lipinski definition) is 1. The van der Waals surface area contributed by atoms with Crippen LogP contribution in [0.15, 0.2) is 48.5 Å². The third-order valence-electron chi connectivity index (χ3n) is 3.86. The first-order valence-corrected chi connectivity index (χ1v) is 6.94. The van der Waals surface area contributed by atoms with Crippen LogP contribution < -0.4 is 0 Å². The van der Waals surface area contributed by atoms with Gasteiger partial charge < -0.3 is 9.67 Å². The van der Waals surface area contributed by atoms with Crippen molar-refractivity contribution in [3.8, 4) is 0 Å². The first-order valence-electron chi connectivity index (χ1n) is 6.94. The maximum absolute atomic E-state index is 11.5. The molecule has 106 valence electrons. The van der Waals surface area contributed by atoms with Crippen LogP contribution >= 0.6 is 0 Å². The summed E-state index contributed by atoms with van der Waals surface area (Å²) in [6, 6.07) is 15.8. The summed E-state index contributed by atoms with van der Waals surface area (Å²) in [7, 11) is 0. The molecule has 0 bridgehead atoms. The normalized spacial score (nSPS) is 11.0. The van der Waals surface area contributed by atoms with E-state index >= 15 is 0 Å². The Labute approximate surface area is 123 Å². The lowest BCUT2D eigenvalue weighted by atomic mass is 10.1. The number of aromatic carboxylic acids is 1. The van der Waals surface area contributed by atoms with Crippen molar-refractivity contribution in [1.82, 2.24) is 4.57 Å². The molecule has 0 spiro atoms. The van der Waals surface area contributed by atoms with Crippen LogP contribution in [0.3, 0.4) is 0 Å². The fourth-order valence-corrected chi connectivity index (χ4v) is 2.70. The SMILES string of the molecule is Cc1ccc(C)c(Cn2c(C(=O)O)cc3ccccc32)c1. The minimum absolute atomic E-state index is 0.331. The van der Waals surface area contributed by atoms with E-state index in [0.29, 0.717) is 12.2 Å². The van der Waals surface area contributed by atoms with Crippen molar-refractivity contribution >= 4 is 16.9 Å².